The summed E-state index contributed by atoms with van der Waals surface area (Å²) in [7, 11) is 3.83. The van der Waals surface area contributed by atoms with Crippen LogP contribution >= 0.6 is 11.3 Å². The molecular formula is C22H25N3O3S. The summed E-state index contributed by atoms with van der Waals surface area (Å²) in [6, 6.07) is 7.24. The number of nitrogens with zero attached hydrogens (tertiary/aromatic N) is 2. The number of carbonyl (C=O) groups is 1. The summed E-state index contributed by atoms with van der Waals surface area (Å²) in [5, 5.41) is 0.706. The third kappa shape index (κ3) is 3.79. The first-order chi connectivity index (χ1) is 13.8. The summed E-state index contributed by atoms with van der Waals surface area (Å²) < 4.78 is 5.59. The van der Waals surface area contributed by atoms with E-state index < -0.39 is 12.1 Å². The normalized spacial score (nSPS) is 17.0. The van der Waals surface area contributed by atoms with Crippen LogP contribution < -0.4 is 10.5 Å². The predicted molar refractivity (Wildman–Crippen MR) is 116 cm³/mol. The number of fused-ring (bicyclic) bond motifs is 3. The van der Waals surface area contributed by atoms with Crippen LogP contribution in [0.5, 0.6) is 0 Å². The highest BCUT2D eigenvalue weighted by molar-refractivity contribution is 7.18. The van der Waals surface area contributed by atoms with Crippen LogP contribution in [-0.4, -0.2) is 30.0 Å². The van der Waals surface area contributed by atoms with Crippen molar-refractivity contribution in [2.75, 3.05) is 19.0 Å². The summed E-state index contributed by atoms with van der Waals surface area (Å²) in [5.74, 6) is 0.571. The van der Waals surface area contributed by atoms with E-state index in [9.17, 15) is 9.59 Å². The molecule has 7 heteroatoms. The van der Waals surface area contributed by atoms with Gasteiger partial charge in [0.15, 0.2) is 11.9 Å². The molecule has 0 unspecified atom stereocenters. The molecule has 6 nitrogen and oxygen atoms in total. The van der Waals surface area contributed by atoms with Gasteiger partial charge in [0.05, 0.1) is 10.9 Å². The lowest BCUT2D eigenvalue weighted by Gasteiger charge is -2.17. The molecule has 2 aromatic heterocycles. The molecule has 2 atom stereocenters. The Morgan fingerprint density at radius 2 is 2.17 bits per heavy atom. The molecule has 0 bridgehead atoms. The summed E-state index contributed by atoms with van der Waals surface area (Å²) in [4.78, 5) is 36.7. The van der Waals surface area contributed by atoms with E-state index in [4.69, 9.17) is 4.74 Å². The monoisotopic (exact) mass is 411 g/mol. The zero-order valence-corrected chi connectivity index (χ0v) is 17.9. The number of thiophene rings is 1. The van der Waals surface area contributed by atoms with Crippen LogP contribution in [0.2, 0.25) is 0 Å². The minimum absolute atomic E-state index is 0.144. The largest absolute Gasteiger partial charge is 0.451 e. The summed E-state index contributed by atoms with van der Waals surface area (Å²) in [5.41, 5.74) is 2.38. The fourth-order valence-electron chi connectivity index (χ4n) is 3.75. The number of hydrogen-bond acceptors (Lipinski definition) is 6. The van der Waals surface area contributed by atoms with Crippen molar-refractivity contribution < 1.29 is 9.53 Å². The average Bonchev–Trinajstić information content (AvgIpc) is 3.05. The number of esters is 1. The van der Waals surface area contributed by atoms with Gasteiger partial charge in [0.25, 0.3) is 5.56 Å². The van der Waals surface area contributed by atoms with Gasteiger partial charge in [-0.1, -0.05) is 13.0 Å². The van der Waals surface area contributed by atoms with E-state index in [-0.39, 0.29) is 5.56 Å². The molecule has 0 saturated carbocycles. The van der Waals surface area contributed by atoms with Crippen LogP contribution in [0.25, 0.3) is 10.2 Å². The molecular weight excluding hydrogens is 386 g/mol. The Morgan fingerprint density at radius 1 is 1.38 bits per heavy atom. The van der Waals surface area contributed by atoms with Gasteiger partial charge >= 0.3 is 5.97 Å². The Balaban J connectivity index is 1.60. The first-order valence-corrected chi connectivity index (χ1v) is 10.7. The van der Waals surface area contributed by atoms with Gasteiger partial charge in [0, 0.05) is 24.7 Å². The highest BCUT2D eigenvalue weighted by Crippen LogP contribution is 2.36. The average molecular weight is 412 g/mol. The fourth-order valence-corrected chi connectivity index (χ4v) is 5.14. The Kier molecular flexibility index (Phi) is 5.17. The number of aromatic amines is 1. The number of rotatable bonds is 4. The topological polar surface area (TPSA) is 75.3 Å². The first-order valence-electron chi connectivity index (χ1n) is 9.86. The number of aryl methyl sites for hydroxylation is 1. The van der Waals surface area contributed by atoms with Gasteiger partial charge in [-0.2, -0.15) is 0 Å². The third-order valence-corrected chi connectivity index (χ3v) is 6.60. The number of nitrogens with one attached hydrogen (secondary N) is 1. The maximum atomic E-state index is 12.8. The maximum absolute atomic E-state index is 12.8. The number of hydrogen-bond donors (Lipinski definition) is 1. The van der Waals surface area contributed by atoms with Crippen LogP contribution in [-0.2, 0) is 17.6 Å². The van der Waals surface area contributed by atoms with Crippen molar-refractivity contribution >= 4 is 33.2 Å². The Hall–Kier alpha value is -2.67. The molecule has 0 saturated heterocycles. The third-order valence-electron chi connectivity index (χ3n) is 5.45. The van der Waals surface area contributed by atoms with E-state index >= 15 is 0 Å². The van der Waals surface area contributed by atoms with E-state index in [1.807, 2.05) is 31.1 Å². The molecule has 1 aromatic carbocycles. The van der Waals surface area contributed by atoms with Crippen LogP contribution in [0, 0.1) is 5.92 Å². The Bertz CT molecular complexity index is 1130. The molecule has 3 aromatic rings. The Labute approximate surface area is 173 Å². The highest BCUT2D eigenvalue weighted by Gasteiger charge is 2.24. The standard InChI is InChI=1S/C22H25N3O3S/c1-12-8-9-16-17(10-12)29-21-18(16)20(26)23-19(24-21)13(2)28-22(27)14-6-5-7-15(11-14)25(3)4/h5-7,11-13H,8-10H2,1-4H3,(H,23,24,26)/t12-,13-/m0/s1. The van der Waals surface area contributed by atoms with Crippen molar-refractivity contribution in [3.05, 3.63) is 56.4 Å². The second kappa shape index (κ2) is 7.63. The molecule has 1 aliphatic rings. The highest BCUT2D eigenvalue weighted by atomic mass is 32.1. The smallest absolute Gasteiger partial charge is 0.338 e. The molecule has 0 radical (unpaired) electrons. The van der Waals surface area contributed by atoms with Gasteiger partial charge in [-0.3, -0.25) is 4.79 Å². The molecule has 2 heterocycles. The minimum Gasteiger partial charge on any atom is -0.451 e. The zero-order valence-electron chi connectivity index (χ0n) is 17.1. The van der Waals surface area contributed by atoms with Crippen LogP contribution in [0.1, 0.15) is 53.0 Å². The van der Waals surface area contributed by atoms with Crippen molar-refractivity contribution in [2.24, 2.45) is 5.92 Å². The molecule has 0 spiro atoms. The maximum Gasteiger partial charge on any atom is 0.338 e. The lowest BCUT2D eigenvalue weighted by Crippen LogP contribution is -2.18. The number of ether oxygens (including phenoxy) is 1. The van der Waals surface area contributed by atoms with Crippen LogP contribution in [0.4, 0.5) is 5.69 Å². The number of carbonyl (C=O) groups excluding carboxylic acids is 1. The van der Waals surface area contributed by atoms with Gasteiger partial charge in [0.2, 0.25) is 0 Å². The van der Waals surface area contributed by atoms with E-state index in [1.54, 1.807) is 30.4 Å². The Morgan fingerprint density at radius 3 is 2.93 bits per heavy atom. The number of benzene rings is 1. The van der Waals surface area contributed by atoms with E-state index in [1.165, 1.54) is 4.88 Å². The predicted octanol–water partition coefficient (Wildman–Crippen LogP) is 4.09. The second-order valence-corrected chi connectivity index (χ2v) is 9.06. The van der Waals surface area contributed by atoms with Crippen LogP contribution in [0.3, 0.4) is 0 Å². The van der Waals surface area contributed by atoms with Crippen molar-refractivity contribution in [1.29, 1.82) is 0 Å². The first kappa shape index (κ1) is 19.6. The van der Waals surface area contributed by atoms with Crippen molar-refractivity contribution in [1.82, 2.24) is 9.97 Å². The lowest BCUT2D eigenvalue weighted by molar-refractivity contribution is 0.0320. The quantitative estimate of drug-likeness (QED) is 0.655. The van der Waals surface area contributed by atoms with Gasteiger partial charge < -0.3 is 14.6 Å². The molecule has 152 valence electrons. The van der Waals surface area contributed by atoms with Gasteiger partial charge in [-0.15, -0.1) is 11.3 Å². The van der Waals surface area contributed by atoms with Crippen LogP contribution in [0.15, 0.2) is 29.1 Å². The van der Waals surface area contributed by atoms with Gasteiger partial charge in [-0.05, 0) is 55.9 Å². The summed E-state index contributed by atoms with van der Waals surface area (Å²) in [6.07, 6.45) is 2.37. The molecule has 1 N–H and O–H groups in total. The van der Waals surface area contributed by atoms with E-state index in [0.29, 0.717) is 22.7 Å². The van der Waals surface area contributed by atoms with Crippen molar-refractivity contribution in [3.63, 3.8) is 0 Å². The van der Waals surface area contributed by atoms with Crippen molar-refractivity contribution in [3.8, 4) is 0 Å². The summed E-state index contributed by atoms with van der Waals surface area (Å²) >= 11 is 1.59. The molecule has 4 rings (SSSR count). The zero-order chi connectivity index (χ0) is 20.7. The molecule has 0 aliphatic heterocycles. The molecule has 1 aliphatic carbocycles. The van der Waals surface area contributed by atoms with Gasteiger partial charge in [0.1, 0.15) is 4.83 Å². The molecule has 0 amide bonds. The minimum atomic E-state index is -0.652. The SMILES string of the molecule is C[C@H]1CCc2c(sc3nc([C@H](C)OC(=O)c4cccc(N(C)C)c4)[nH]c(=O)c23)C1. The van der Waals surface area contributed by atoms with Gasteiger partial charge in [-0.25, -0.2) is 9.78 Å². The number of anilines is 1. The second-order valence-electron chi connectivity index (χ2n) is 7.98. The van der Waals surface area contributed by atoms with Crippen molar-refractivity contribution in [2.45, 2.75) is 39.2 Å². The lowest BCUT2D eigenvalue weighted by atomic mass is 9.89. The number of aromatic nitrogens is 2. The van der Waals surface area contributed by atoms with E-state index in [0.717, 1.165) is 35.3 Å². The van der Waals surface area contributed by atoms with E-state index in [2.05, 4.69) is 16.9 Å². The molecule has 0 fully saturated rings. The molecule has 29 heavy (non-hydrogen) atoms. The fraction of sp³-hybridized carbons (Fsp3) is 0.409. The number of H-pyrrole nitrogens is 1. The summed E-state index contributed by atoms with van der Waals surface area (Å²) in [6.45, 7) is 3.97.